The summed E-state index contributed by atoms with van der Waals surface area (Å²) in [4.78, 5) is 17.0. The predicted molar refractivity (Wildman–Crippen MR) is 114 cm³/mol. The lowest BCUT2D eigenvalue weighted by Crippen LogP contribution is -2.30. The van der Waals surface area contributed by atoms with Gasteiger partial charge in [-0.15, -0.1) is 0 Å². The molecule has 1 aromatic heterocycles. The first-order valence-corrected chi connectivity index (χ1v) is 9.51. The number of amides is 1. The van der Waals surface area contributed by atoms with E-state index in [1.807, 2.05) is 80.6 Å². The monoisotopic (exact) mass is 386 g/mol. The Bertz CT molecular complexity index is 1130. The van der Waals surface area contributed by atoms with Gasteiger partial charge in [0.15, 0.2) is 11.7 Å². The minimum atomic E-state index is -0.618. The number of rotatable bonds is 5. The van der Waals surface area contributed by atoms with E-state index in [1.165, 1.54) is 0 Å². The number of anilines is 1. The van der Waals surface area contributed by atoms with Crippen LogP contribution in [0.1, 0.15) is 18.1 Å². The number of nitrogens with zero attached hydrogens (tertiary/aromatic N) is 1. The number of ether oxygens (including phenoxy) is 1. The van der Waals surface area contributed by atoms with Gasteiger partial charge in [-0.25, -0.2) is 4.98 Å². The third-order valence-corrected chi connectivity index (χ3v) is 4.92. The number of carbonyl (C=O) groups is 1. The van der Waals surface area contributed by atoms with E-state index in [0.29, 0.717) is 11.6 Å². The van der Waals surface area contributed by atoms with Crippen LogP contribution in [0.4, 0.5) is 5.69 Å². The van der Waals surface area contributed by atoms with Crippen molar-refractivity contribution in [2.45, 2.75) is 26.9 Å². The van der Waals surface area contributed by atoms with Gasteiger partial charge in [-0.3, -0.25) is 4.79 Å². The van der Waals surface area contributed by atoms with E-state index in [0.717, 1.165) is 33.5 Å². The first-order chi connectivity index (χ1) is 14.0. The summed E-state index contributed by atoms with van der Waals surface area (Å²) in [5.41, 5.74) is 5.26. The number of carbonyl (C=O) groups excluding carboxylic acids is 1. The van der Waals surface area contributed by atoms with Crippen molar-refractivity contribution in [2.75, 3.05) is 5.32 Å². The largest absolute Gasteiger partial charge is 0.481 e. The van der Waals surface area contributed by atoms with Crippen LogP contribution in [-0.4, -0.2) is 17.0 Å². The number of nitrogens with one attached hydrogen (secondary N) is 1. The van der Waals surface area contributed by atoms with E-state index in [9.17, 15) is 4.79 Å². The Hall–Kier alpha value is -3.60. The van der Waals surface area contributed by atoms with Crippen LogP contribution >= 0.6 is 0 Å². The number of benzene rings is 3. The zero-order valence-electron chi connectivity index (χ0n) is 16.6. The van der Waals surface area contributed by atoms with E-state index < -0.39 is 6.10 Å². The van der Waals surface area contributed by atoms with Crippen molar-refractivity contribution < 1.29 is 13.9 Å². The van der Waals surface area contributed by atoms with Gasteiger partial charge in [-0.2, -0.15) is 0 Å². The highest BCUT2D eigenvalue weighted by Crippen LogP contribution is 2.26. The Balaban J connectivity index is 1.44. The number of hydrogen-bond donors (Lipinski definition) is 1. The lowest BCUT2D eigenvalue weighted by molar-refractivity contribution is -0.122. The Morgan fingerprint density at radius 2 is 1.76 bits per heavy atom. The van der Waals surface area contributed by atoms with Crippen LogP contribution in [0.5, 0.6) is 5.75 Å². The van der Waals surface area contributed by atoms with Gasteiger partial charge >= 0.3 is 0 Å². The molecule has 0 spiro atoms. The van der Waals surface area contributed by atoms with Crippen LogP contribution in [0, 0.1) is 13.8 Å². The van der Waals surface area contributed by atoms with Crippen molar-refractivity contribution in [3.8, 4) is 17.2 Å². The van der Waals surface area contributed by atoms with E-state index in [2.05, 4.69) is 10.3 Å². The number of aromatic nitrogens is 1. The van der Waals surface area contributed by atoms with Gasteiger partial charge in [0.25, 0.3) is 5.91 Å². The second-order valence-corrected chi connectivity index (χ2v) is 7.01. The molecule has 4 rings (SSSR count). The number of para-hydroxylation sites is 2. The Morgan fingerprint density at radius 1 is 1.00 bits per heavy atom. The molecule has 0 saturated heterocycles. The van der Waals surface area contributed by atoms with E-state index in [1.54, 1.807) is 6.92 Å². The molecular weight excluding hydrogens is 364 g/mol. The van der Waals surface area contributed by atoms with Crippen LogP contribution in [0.25, 0.3) is 22.6 Å². The van der Waals surface area contributed by atoms with Crippen molar-refractivity contribution in [2.24, 2.45) is 0 Å². The molecule has 0 fully saturated rings. The van der Waals surface area contributed by atoms with Crippen LogP contribution < -0.4 is 10.1 Å². The van der Waals surface area contributed by atoms with E-state index >= 15 is 0 Å². The molecule has 5 heteroatoms. The highest BCUT2D eigenvalue weighted by molar-refractivity contribution is 5.94. The van der Waals surface area contributed by atoms with Gasteiger partial charge in [0.2, 0.25) is 5.89 Å². The molecule has 4 aromatic rings. The van der Waals surface area contributed by atoms with Crippen LogP contribution in [-0.2, 0) is 4.79 Å². The van der Waals surface area contributed by atoms with Crippen molar-refractivity contribution >= 4 is 22.7 Å². The van der Waals surface area contributed by atoms with E-state index in [-0.39, 0.29) is 5.91 Å². The zero-order chi connectivity index (χ0) is 20.4. The fourth-order valence-corrected chi connectivity index (χ4v) is 3.03. The minimum absolute atomic E-state index is 0.208. The van der Waals surface area contributed by atoms with E-state index in [4.69, 9.17) is 9.15 Å². The topological polar surface area (TPSA) is 64.4 Å². The second kappa shape index (κ2) is 7.80. The Kier molecular flexibility index (Phi) is 5.04. The normalized spacial score (nSPS) is 12.0. The average molecular weight is 386 g/mol. The maximum Gasteiger partial charge on any atom is 0.265 e. The van der Waals surface area contributed by atoms with Gasteiger partial charge in [0.1, 0.15) is 11.3 Å². The third-order valence-electron chi connectivity index (χ3n) is 4.92. The number of oxazole rings is 1. The molecule has 0 aliphatic carbocycles. The summed E-state index contributed by atoms with van der Waals surface area (Å²) in [5.74, 6) is 1.06. The number of aryl methyl sites for hydroxylation is 1. The third kappa shape index (κ3) is 3.99. The Labute approximate surface area is 169 Å². The van der Waals surface area contributed by atoms with Crippen molar-refractivity contribution in [1.29, 1.82) is 0 Å². The van der Waals surface area contributed by atoms with Crippen LogP contribution in [0.3, 0.4) is 0 Å². The minimum Gasteiger partial charge on any atom is -0.481 e. The molecule has 29 heavy (non-hydrogen) atoms. The highest BCUT2D eigenvalue weighted by Gasteiger charge is 2.16. The van der Waals surface area contributed by atoms with Crippen molar-refractivity contribution in [1.82, 2.24) is 4.98 Å². The maximum atomic E-state index is 12.5. The first kappa shape index (κ1) is 18.7. The second-order valence-electron chi connectivity index (χ2n) is 7.01. The molecule has 0 bridgehead atoms. The van der Waals surface area contributed by atoms with Gasteiger partial charge in [0.05, 0.1) is 0 Å². The maximum absolute atomic E-state index is 12.5. The highest BCUT2D eigenvalue weighted by atomic mass is 16.5. The molecular formula is C24H22N2O3. The molecule has 0 radical (unpaired) electrons. The first-order valence-electron chi connectivity index (χ1n) is 9.51. The fraction of sp³-hybridized carbons (Fsp3) is 0.167. The molecule has 5 nitrogen and oxygen atoms in total. The SMILES string of the molecule is Cc1cccc(OC(C)C(=O)Nc2ccc(-c3nc4ccccc4o3)cc2)c1C. The molecule has 0 saturated carbocycles. The molecule has 0 aliphatic heterocycles. The molecule has 1 atom stereocenters. The number of fused-ring (bicyclic) bond motifs is 1. The smallest absolute Gasteiger partial charge is 0.265 e. The van der Waals surface area contributed by atoms with Gasteiger partial charge in [0, 0.05) is 11.3 Å². The summed E-state index contributed by atoms with van der Waals surface area (Å²) < 4.78 is 11.6. The lowest BCUT2D eigenvalue weighted by atomic mass is 10.1. The van der Waals surface area contributed by atoms with Gasteiger partial charge in [-0.05, 0) is 74.4 Å². The van der Waals surface area contributed by atoms with Gasteiger partial charge in [-0.1, -0.05) is 24.3 Å². The van der Waals surface area contributed by atoms with Crippen molar-refractivity contribution in [3.05, 3.63) is 77.9 Å². The average Bonchev–Trinajstić information content (AvgIpc) is 3.16. The summed E-state index contributed by atoms with van der Waals surface area (Å²) >= 11 is 0. The molecule has 1 heterocycles. The molecule has 1 amide bonds. The summed E-state index contributed by atoms with van der Waals surface area (Å²) in [5, 5.41) is 2.89. The van der Waals surface area contributed by atoms with Crippen LogP contribution in [0.15, 0.2) is 71.1 Å². The quantitative estimate of drug-likeness (QED) is 0.491. The Morgan fingerprint density at radius 3 is 2.52 bits per heavy atom. The molecule has 1 unspecified atom stereocenters. The summed E-state index contributed by atoms with van der Waals surface area (Å²) in [6.07, 6.45) is -0.618. The summed E-state index contributed by atoms with van der Waals surface area (Å²) in [7, 11) is 0. The molecule has 3 aromatic carbocycles. The fourth-order valence-electron chi connectivity index (χ4n) is 3.03. The van der Waals surface area contributed by atoms with Crippen LogP contribution in [0.2, 0.25) is 0 Å². The standard InChI is InChI=1S/C24H22N2O3/c1-15-7-6-10-21(16(15)2)28-17(3)23(27)25-19-13-11-18(12-14-19)24-26-20-8-4-5-9-22(20)29-24/h4-14,17H,1-3H3,(H,25,27). The summed E-state index contributed by atoms with van der Waals surface area (Å²) in [6, 6.07) is 20.9. The molecule has 146 valence electrons. The van der Waals surface area contributed by atoms with Crippen molar-refractivity contribution in [3.63, 3.8) is 0 Å². The predicted octanol–water partition coefficient (Wildman–Crippen LogP) is 5.52. The lowest BCUT2D eigenvalue weighted by Gasteiger charge is -2.17. The number of hydrogen-bond acceptors (Lipinski definition) is 4. The van der Waals surface area contributed by atoms with Gasteiger partial charge < -0.3 is 14.5 Å². The molecule has 0 aliphatic rings. The molecule has 1 N–H and O–H groups in total. The summed E-state index contributed by atoms with van der Waals surface area (Å²) in [6.45, 7) is 5.75. The zero-order valence-corrected chi connectivity index (χ0v) is 16.6.